The van der Waals surface area contributed by atoms with E-state index >= 15 is 0 Å². The summed E-state index contributed by atoms with van der Waals surface area (Å²) in [5, 5.41) is 3.50. The lowest BCUT2D eigenvalue weighted by molar-refractivity contribution is 0.0593. The van der Waals surface area contributed by atoms with Crippen LogP contribution in [0.5, 0.6) is 0 Å². The third kappa shape index (κ3) is 3.51. The first-order chi connectivity index (χ1) is 11.5. The minimum Gasteiger partial charge on any atom is -0.464 e. The van der Waals surface area contributed by atoms with Gasteiger partial charge in [-0.25, -0.2) is 14.8 Å². The van der Waals surface area contributed by atoms with Crippen molar-refractivity contribution >= 4 is 23.4 Å². The van der Waals surface area contributed by atoms with Gasteiger partial charge in [-0.05, 0) is 32.3 Å². The lowest BCUT2D eigenvalue weighted by Crippen LogP contribution is -2.14. The van der Waals surface area contributed by atoms with E-state index in [0.717, 1.165) is 18.4 Å². The second kappa shape index (κ2) is 6.77. The highest BCUT2D eigenvalue weighted by Gasteiger charge is 2.30. The highest BCUT2D eigenvalue weighted by molar-refractivity contribution is 6.35. The number of nitrogens with zero attached hydrogens (tertiary/aromatic N) is 2. The van der Waals surface area contributed by atoms with E-state index in [4.69, 9.17) is 16.3 Å². The fourth-order valence-electron chi connectivity index (χ4n) is 2.46. The van der Waals surface area contributed by atoms with E-state index in [1.54, 1.807) is 0 Å². The molecule has 126 valence electrons. The molecule has 24 heavy (non-hydrogen) atoms. The van der Waals surface area contributed by atoms with Gasteiger partial charge in [0.1, 0.15) is 16.7 Å². The summed E-state index contributed by atoms with van der Waals surface area (Å²) in [6.45, 7) is 4.07. The molecule has 3 rings (SSSR count). The Morgan fingerprint density at radius 2 is 1.96 bits per heavy atom. The summed E-state index contributed by atoms with van der Waals surface area (Å²) < 4.78 is 4.79. The fourth-order valence-corrected chi connectivity index (χ4v) is 2.68. The second-order valence-electron chi connectivity index (χ2n) is 6.14. The number of rotatable bonds is 5. The van der Waals surface area contributed by atoms with Crippen LogP contribution in [-0.4, -0.2) is 23.0 Å². The van der Waals surface area contributed by atoms with Gasteiger partial charge in [0.15, 0.2) is 5.69 Å². The second-order valence-corrected chi connectivity index (χ2v) is 6.51. The number of anilines is 1. The Morgan fingerprint density at radius 1 is 1.29 bits per heavy atom. The van der Waals surface area contributed by atoms with Gasteiger partial charge in [-0.1, -0.05) is 41.4 Å². The van der Waals surface area contributed by atoms with Gasteiger partial charge in [0.05, 0.1) is 7.11 Å². The van der Waals surface area contributed by atoms with Crippen molar-refractivity contribution in [2.75, 3.05) is 12.4 Å². The number of hydrogen-bond acceptors (Lipinski definition) is 5. The van der Waals surface area contributed by atoms with Crippen LogP contribution < -0.4 is 5.32 Å². The maximum atomic E-state index is 12.0. The van der Waals surface area contributed by atoms with Crippen LogP contribution in [-0.2, 0) is 4.74 Å². The highest BCUT2D eigenvalue weighted by Crippen LogP contribution is 2.40. The van der Waals surface area contributed by atoms with Gasteiger partial charge in [-0.3, -0.25) is 0 Å². The summed E-state index contributed by atoms with van der Waals surface area (Å²) in [5.41, 5.74) is 2.44. The molecule has 0 radical (unpaired) electrons. The van der Waals surface area contributed by atoms with E-state index in [1.165, 1.54) is 12.7 Å². The van der Waals surface area contributed by atoms with Gasteiger partial charge in [-0.2, -0.15) is 0 Å². The van der Waals surface area contributed by atoms with Gasteiger partial charge in [0, 0.05) is 12.0 Å². The number of ether oxygens (including phenoxy) is 1. The Kier molecular flexibility index (Phi) is 4.71. The minimum atomic E-state index is -0.546. The van der Waals surface area contributed by atoms with Gasteiger partial charge in [0.25, 0.3) is 0 Å². The summed E-state index contributed by atoms with van der Waals surface area (Å²) in [4.78, 5) is 20.8. The van der Waals surface area contributed by atoms with Crippen LogP contribution in [0.25, 0.3) is 0 Å². The van der Waals surface area contributed by atoms with E-state index < -0.39 is 5.97 Å². The summed E-state index contributed by atoms with van der Waals surface area (Å²) in [7, 11) is 1.32. The van der Waals surface area contributed by atoms with Crippen LogP contribution >= 0.6 is 11.6 Å². The number of aryl methyl sites for hydroxylation is 1. The van der Waals surface area contributed by atoms with Gasteiger partial charge >= 0.3 is 5.97 Å². The van der Waals surface area contributed by atoms with Crippen LogP contribution in [0.1, 0.15) is 59.2 Å². The first-order valence-electron chi connectivity index (χ1n) is 7.98. The van der Waals surface area contributed by atoms with E-state index in [9.17, 15) is 4.79 Å². The quantitative estimate of drug-likeness (QED) is 0.819. The van der Waals surface area contributed by atoms with Crippen molar-refractivity contribution in [3.63, 3.8) is 0 Å². The molecule has 1 atom stereocenters. The summed E-state index contributed by atoms with van der Waals surface area (Å²) in [5.74, 6) is 0.886. The van der Waals surface area contributed by atoms with Crippen molar-refractivity contribution in [1.82, 2.24) is 9.97 Å². The summed E-state index contributed by atoms with van der Waals surface area (Å²) in [6, 6.07) is 8.24. The van der Waals surface area contributed by atoms with Crippen molar-refractivity contribution in [3.05, 3.63) is 51.9 Å². The van der Waals surface area contributed by atoms with E-state index in [2.05, 4.69) is 39.6 Å². The first-order valence-corrected chi connectivity index (χ1v) is 8.36. The summed E-state index contributed by atoms with van der Waals surface area (Å²) >= 11 is 6.35. The van der Waals surface area contributed by atoms with E-state index in [-0.39, 0.29) is 16.8 Å². The molecule has 1 unspecified atom stereocenters. The van der Waals surface area contributed by atoms with Gasteiger partial charge in [0.2, 0.25) is 0 Å². The van der Waals surface area contributed by atoms with Crippen LogP contribution in [0.3, 0.4) is 0 Å². The molecule has 2 aromatic rings. The summed E-state index contributed by atoms with van der Waals surface area (Å²) in [6.07, 6.45) is 2.07. The predicted molar refractivity (Wildman–Crippen MR) is 93.6 cm³/mol. The molecule has 1 heterocycles. The molecular weight excluding hydrogens is 326 g/mol. The van der Waals surface area contributed by atoms with Crippen molar-refractivity contribution in [3.8, 4) is 0 Å². The number of carbonyl (C=O) groups is 1. The van der Waals surface area contributed by atoms with Crippen molar-refractivity contribution < 1.29 is 9.53 Å². The molecule has 6 heteroatoms. The van der Waals surface area contributed by atoms with Crippen LogP contribution in [0.4, 0.5) is 5.82 Å². The lowest BCUT2D eigenvalue weighted by atomic mass is 10.1. The zero-order valence-corrected chi connectivity index (χ0v) is 14.7. The maximum absolute atomic E-state index is 12.0. The topological polar surface area (TPSA) is 64.1 Å². The molecule has 0 saturated heterocycles. The lowest BCUT2D eigenvalue weighted by Gasteiger charge is -2.17. The number of hydrogen-bond donors (Lipinski definition) is 1. The Bertz CT molecular complexity index is 758. The molecule has 1 saturated carbocycles. The van der Waals surface area contributed by atoms with Crippen LogP contribution in [0.15, 0.2) is 24.3 Å². The first kappa shape index (κ1) is 16.7. The third-order valence-corrected chi connectivity index (χ3v) is 4.48. The molecule has 1 aromatic carbocycles. The monoisotopic (exact) mass is 345 g/mol. The normalized spacial score (nSPS) is 15.0. The van der Waals surface area contributed by atoms with E-state index in [1.807, 2.05) is 13.8 Å². The number of carbonyl (C=O) groups excluding carboxylic acids is 1. The van der Waals surface area contributed by atoms with Crippen LogP contribution in [0, 0.1) is 6.92 Å². The Balaban J connectivity index is 1.92. The van der Waals surface area contributed by atoms with E-state index in [0.29, 0.717) is 17.6 Å². The Hall–Kier alpha value is -2.14. The standard InChI is InChI=1S/C18H20ClN3O2/c1-10-4-6-12(7-5-10)11(2)20-17-14(19)15(18(23)24-3)21-16(22-17)13-8-9-13/h4-7,11,13H,8-9H2,1-3H3,(H,20,21,22). The smallest absolute Gasteiger partial charge is 0.358 e. The molecular formula is C18H20ClN3O2. The Labute approximate surface area is 146 Å². The molecule has 1 aliphatic rings. The maximum Gasteiger partial charge on any atom is 0.358 e. The van der Waals surface area contributed by atoms with Gasteiger partial charge in [-0.15, -0.1) is 0 Å². The molecule has 0 spiro atoms. The number of nitrogens with one attached hydrogen (secondary N) is 1. The van der Waals surface area contributed by atoms with Crippen molar-refractivity contribution in [1.29, 1.82) is 0 Å². The number of methoxy groups -OCH3 is 1. The molecule has 1 N–H and O–H groups in total. The molecule has 1 aliphatic carbocycles. The number of benzene rings is 1. The van der Waals surface area contributed by atoms with Crippen LogP contribution in [0.2, 0.25) is 5.02 Å². The average molecular weight is 346 g/mol. The van der Waals surface area contributed by atoms with Crippen molar-refractivity contribution in [2.45, 2.75) is 38.6 Å². The highest BCUT2D eigenvalue weighted by atomic mass is 35.5. The van der Waals surface area contributed by atoms with Crippen molar-refractivity contribution in [2.24, 2.45) is 0 Å². The number of esters is 1. The fraction of sp³-hybridized carbons (Fsp3) is 0.389. The third-order valence-electron chi connectivity index (χ3n) is 4.12. The minimum absolute atomic E-state index is 0.00412. The zero-order chi connectivity index (χ0) is 17.3. The molecule has 5 nitrogen and oxygen atoms in total. The SMILES string of the molecule is COC(=O)c1nc(C2CC2)nc(NC(C)c2ccc(C)cc2)c1Cl. The molecule has 0 bridgehead atoms. The largest absolute Gasteiger partial charge is 0.464 e. The zero-order valence-electron chi connectivity index (χ0n) is 14.0. The Morgan fingerprint density at radius 3 is 2.54 bits per heavy atom. The molecule has 0 amide bonds. The number of halogens is 1. The number of aromatic nitrogens is 2. The van der Waals surface area contributed by atoms with Gasteiger partial charge < -0.3 is 10.1 Å². The predicted octanol–water partition coefficient (Wildman–Crippen LogP) is 4.28. The molecule has 0 aliphatic heterocycles. The average Bonchev–Trinajstić information content (AvgIpc) is 3.41. The molecule has 1 aromatic heterocycles. The molecule has 1 fully saturated rings.